The van der Waals surface area contributed by atoms with Crippen LogP contribution >= 0.6 is 0 Å². The van der Waals surface area contributed by atoms with Gasteiger partial charge in [0, 0.05) is 18.5 Å². The maximum Gasteiger partial charge on any atom is 0.249 e. The first kappa shape index (κ1) is 21.8. The van der Waals surface area contributed by atoms with Crippen molar-refractivity contribution in [3.63, 3.8) is 0 Å². The van der Waals surface area contributed by atoms with Crippen LogP contribution in [0.4, 0.5) is 0 Å². The van der Waals surface area contributed by atoms with E-state index < -0.39 is 17.4 Å². The third-order valence-electron chi connectivity index (χ3n) is 3.61. The Balaban J connectivity index is 3.62. The average Bonchev–Trinajstić information content (AvgIpc) is 2.53. The molecular weight excluding hydrogens is 298 g/mol. The van der Waals surface area contributed by atoms with Gasteiger partial charge in [0.1, 0.15) is 6.10 Å². The van der Waals surface area contributed by atoms with Crippen molar-refractivity contribution in [2.75, 3.05) is 32.8 Å². The molecule has 2 amide bonds. The molecular formula is C16H33N3O4. The minimum Gasteiger partial charge on any atom is -0.396 e. The number of hydrogen-bond donors (Lipinski definition) is 5. The molecule has 0 aromatic rings. The van der Waals surface area contributed by atoms with Crippen molar-refractivity contribution in [2.45, 2.75) is 52.6 Å². The van der Waals surface area contributed by atoms with E-state index in [1.807, 2.05) is 0 Å². The molecule has 0 rings (SSSR count). The van der Waals surface area contributed by atoms with Crippen LogP contribution in [-0.2, 0) is 9.59 Å². The molecule has 1 atom stereocenters. The lowest BCUT2D eigenvalue weighted by Gasteiger charge is -2.27. The van der Waals surface area contributed by atoms with E-state index in [9.17, 15) is 14.7 Å². The Labute approximate surface area is 139 Å². The number of rotatable bonds is 13. The van der Waals surface area contributed by atoms with Crippen LogP contribution in [0.15, 0.2) is 0 Å². The second-order valence-electron chi connectivity index (χ2n) is 6.43. The molecule has 0 bridgehead atoms. The first-order valence-corrected chi connectivity index (χ1v) is 8.39. The number of hydrogen-bond acceptors (Lipinski definition) is 5. The molecule has 0 aliphatic rings. The zero-order valence-electron chi connectivity index (χ0n) is 14.7. The molecule has 5 N–H and O–H groups in total. The average molecular weight is 331 g/mol. The first-order chi connectivity index (χ1) is 10.8. The highest BCUT2D eigenvalue weighted by molar-refractivity contribution is 5.81. The molecule has 0 radical (unpaired) electrons. The molecule has 0 fully saturated rings. The summed E-state index contributed by atoms with van der Waals surface area (Å²) in [5.41, 5.74) is -0.863. The predicted octanol–water partition coefficient (Wildman–Crippen LogP) is -0.232. The number of carbonyl (C=O) groups is 2. The van der Waals surface area contributed by atoms with Gasteiger partial charge in [-0.15, -0.1) is 0 Å². The highest BCUT2D eigenvalue weighted by Crippen LogP contribution is 2.19. The van der Waals surface area contributed by atoms with Gasteiger partial charge in [0.2, 0.25) is 11.8 Å². The summed E-state index contributed by atoms with van der Waals surface area (Å²) < 4.78 is 0. The SMILES string of the molecule is CCCCCNC(=O)CNCCCNC(=O)[C@H](O)C(C)(C)CO. The zero-order chi connectivity index (χ0) is 17.7. The van der Waals surface area contributed by atoms with Gasteiger partial charge in [-0.2, -0.15) is 0 Å². The van der Waals surface area contributed by atoms with Gasteiger partial charge in [0.15, 0.2) is 0 Å². The summed E-state index contributed by atoms with van der Waals surface area (Å²) in [7, 11) is 0. The first-order valence-electron chi connectivity index (χ1n) is 8.39. The van der Waals surface area contributed by atoms with Gasteiger partial charge in [-0.1, -0.05) is 33.6 Å². The molecule has 0 heterocycles. The smallest absolute Gasteiger partial charge is 0.249 e. The van der Waals surface area contributed by atoms with Crippen LogP contribution in [0.5, 0.6) is 0 Å². The van der Waals surface area contributed by atoms with Crippen LogP contribution in [0, 0.1) is 5.41 Å². The van der Waals surface area contributed by atoms with E-state index in [0.717, 1.165) is 19.3 Å². The monoisotopic (exact) mass is 331 g/mol. The lowest BCUT2D eigenvalue weighted by atomic mass is 9.87. The van der Waals surface area contributed by atoms with Crippen LogP contribution in [0.1, 0.15) is 46.5 Å². The number of carbonyl (C=O) groups excluding carboxylic acids is 2. The van der Waals surface area contributed by atoms with Crippen molar-refractivity contribution in [3.05, 3.63) is 0 Å². The maximum absolute atomic E-state index is 11.7. The lowest BCUT2D eigenvalue weighted by molar-refractivity contribution is -0.137. The van der Waals surface area contributed by atoms with Gasteiger partial charge >= 0.3 is 0 Å². The fourth-order valence-corrected chi connectivity index (χ4v) is 1.83. The Bertz CT molecular complexity index is 348. The molecule has 0 spiro atoms. The van der Waals surface area contributed by atoms with Gasteiger partial charge in [-0.3, -0.25) is 9.59 Å². The van der Waals surface area contributed by atoms with Crippen molar-refractivity contribution in [3.8, 4) is 0 Å². The van der Waals surface area contributed by atoms with E-state index in [-0.39, 0.29) is 19.1 Å². The van der Waals surface area contributed by atoms with E-state index in [4.69, 9.17) is 5.11 Å². The molecule has 136 valence electrons. The number of aliphatic hydroxyl groups is 2. The molecule has 0 unspecified atom stereocenters. The van der Waals surface area contributed by atoms with Gasteiger partial charge in [-0.05, 0) is 19.4 Å². The van der Waals surface area contributed by atoms with E-state index >= 15 is 0 Å². The Morgan fingerprint density at radius 2 is 1.70 bits per heavy atom. The quantitative estimate of drug-likeness (QED) is 0.299. The Hall–Kier alpha value is -1.18. The summed E-state index contributed by atoms with van der Waals surface area (Å²) in [6.07, 6.45) is 2.66. The van der Waals surface area contributed by atoms with Crippen LogP contribution in [-0.4, -0.2) is 60.9 Å². The summed E-state index contributed by atoms with van der Waals surface area (Å²) in [4.78, 5) is 23.2. The Kier molecular flexibility index (Phi) is 11.6. The topological polar surface area (TPSA) is 111 Å². The maximum atomic E-state index is 11.7. The highest BCUT2D eigenvalue weighted by atomic mass is 16.3. The number of aliphatic hydroxyl groups excluding tert-OH is 2. The summed E-state index contributed by atoms with van der Waals surface area (Å²) >= 11 is 0. The van der Waals surface area contributed by atoms with Gasteiger partial charge in [0.25, 0.3) is 0 Å². The molecule has 0 aliphatic heterocycles. The molecule has 0 aromatic heterocycles. The molecule has 0 aromatic carbocycles. The number of unbranched alkanes of at least 4 members (excludes halogenated alkanes) is 2. The highest BCUT2D eigenvalue weighted by Gasteiger charge is 2.32. The second-order valence-corrected chi connectivity index (χ2v) is 6.43. The standard InChI is InChI=1S/C16H33N3O4/c1-4-5-6-9-18-13(21)11-17-8-7-10-19-15(23)14(22)16(2,3)12-20/h14,17,20,22H,4-12H2,1-3H3,(H,18,21)(H,19,23)/t14-/m0/s1. The van der Waals surface area contributed by atoms with E-state index in [2.05, 4.69) is 22.9 Å². The summed E-state index contributed by atoms with van der Waals surface area (Å²) in [6, 6.07) is 0. The third kappa shape index (κ3) is 10.3. The van der Waals surface area contributed by atoms with Crippen molar-refractivity contribution >= 4 is 11.8 Å². The zero-order valence-corrected chi connectivity index (χ0v) is 14.7. The van der Waals surface area contributed by atoms with Crippen molar-refractivity contribution in [2.24, 2.45) is 5.41 Å². The minimum atomic E-state index is -1.24. The summed E-state index contributed by atoms with van der Waals surface area (Å²) in [6.45, 7) is 7.08. The Morgan fingerprint density at radius 1 is 1.04 bits per heavy atom. The van der Waals surface area contributed by atoms with Crippen LogP contribution in [0.25, 0.3) is 0 Å². The van der Waals surface area contributed by atoms with E-state index in [0.29, 0.717) is 26.1 Å². The van der Waals surface area contributed by atoms with Crippen molar-refractivity contribution < 1.29 is 19.8 Å². The molecule has 0 saturated carbocycles. The van der Waals surface area contributed by atoms with E-state index in [1.54, 1.807) is 13.8 Å². The molecule has 0 saturated heterocycles. The van der Waals surface area contributed by atoms with Gasteiger partial charge in [0.05, 0.1) is 13.2 Å². The normalized spacial score (nSPS) is 12.7. The Morgan fingerprint density at radius 3 is 2.30 bits per heavy atom. The van der Waals surface area contributed by atoms with Crippen LogP contribution in [0.3, 0.4) is 0 Å². The minimum absolute atomic E-state index is 0.0229. The van der Waals surface area contributed by atoms with Crippen LogP contribution < -0.4 is 16.0 Å². The summed E-state index contributed by atoms with van der Waals surface area (Å²) in [5.74, 6) is -0.511. The molecule has 0 aliphatic carbocycles. The number of amides is 2. The van der Waals surface area contributed by atoms with Crippen LogP contribution in [0.2, 0.25) is 0 Å². The lowest BCUT2D eigenvalue weighted by Crippen LogP contribution is -2.46. The third-order valence-corrected chi connectivity index (χ3v) is 3.61. The van der Waals surface area contributed by atoms with E-state index in [1.165, 1.54) is 0 Å². The van der Waals surface area contributed by atoms with Crippen molar-refractivity contribution in [1.29, 1.82) is 0 Å². The summed E-state index contributed by atoms with van der Waals surface area (Å²) in [5, 5.41) is 27.4. The van der Waals surface area contributed by atoms with Gasteiger partial charge < -0.3 is 26.2 Å². The van der Waals surface area contributed by atoms with Gasteiger partial charge in [-0.25, -0.2) is 0 Å². The largest absolute Gasteiger partial charge is 0.396 e. The molecule has 23 heavy (non-hydrogen) atoms. The van der Waals surface area contributed by atoms with Crippen molar-refractivity contribution in [1.82, 2.24) is 16.0 Å². The predicted molar refractivity (Wildman–Crippen MR) is 89.9 cm³/mol. The molecule has 7 nitrogen and oxygen atoms in total. The fourth-order valence-electron chi connectivity index (χ4n) is 1.83. The fraction of sp³-hybridized carbons (Fsp3) is 0.875. The molecule has 7 heteroatoms. The second kappa shape index (κ2) is 12.3. The number of nitrogens with one attached hydrogen (secondary N) is 3.